The summed E-state index contributed by atoms with van der Waals surface area (Å²) in [5.41, 5.74) is 1.83. The smallest absolute Gasteiger partial charge is 0.256 e. The first-order chi connectivity index (χ1) is 9.65. The number of rotatable bonds is 2. The molecule has 0 bridgehead atoms. The Morgan fingerprint density at radius 2 is 1.95 bits per heavy atom. The van der Waals surface area contributed by atoms with Crippen molar-refractivity contribution in [3.05, 3.63) is 35.4 Å². The first kappa shape index (κ1) is 13.6. The molecule has 20 heavy (non-hydrogen) atoms. The van der Waals surface area contributed by atoms with Gasteiger partial charge >= 0.3 is 0 Å². The van der Waals surface area contributed by atoms with Crippen molar-refractivity contribution < 1.29 is 9.53 Å². The van der Waals surface area contributed by atoms with Gasteiger partial charge in [0, 0.05) is 24.3 Å². The Morgan fingerprint density at radius 1 is 1.20 bits per heavy atom. The molecule has 3 heteroatoms. The Labute approximate surface area is 120 Å². The predicted octanol–water partition coefficient (Wildman–Crippen LogP) is 3.61. The summed E-state index contributed by atoms with van der Waals surface area (Å²) in [6.07, 6.45) is 3.35. The van der Waals surface area contributed by atoms with E-state index in [1.807, 2.05) is 29.2 Å². The minimum absolute atomic E-state index is 0.137. The maximum Gasteiger partial charge on any atom is 0.256 e. The van der Waals surface area contributed by atoms with E-state index in [4.69, 9.17) is 4.74 Å². The second kappa shape index (κ2) is 5.21. The van der Waals surface area contributed by atoms with Gasteiger partial charge < -0.3 is 9.64 Å². The van der Waals surface area contributed by atoms with Crippen LogP contribution in [0.5, 0.6) is 0 Å². The lowest BCUT2D eigenvalue weighted by atomic mass is 9.77. The third-order valence-corrected chi connectivity index (χ3v) is 5.19. The van der Waals surface area contributed by atoms with Crippen LogP contribution in [0.15, 0.2) is 24.3 Å². The number of fused-ring (bicyclic) bond motifs is 1. The molecular weight excluding hydrogens is 250 g/mol. The van der Waals surface area contributed by atoms with Crippen molar-refractivity contribution in [2.45, 2.75) is 45.4 Å². The van der Waals surface area contributed by atoms with Crippen LogP contribution in [0.2, 0.25) is 0 Å². The highest BCUT2D eigenvalue weighted by Crippen LogP contribution is 2.42. The molecule has 0 aromatic heterocycles. The topological polar surface area (TPSA) is 29.5 Å². The van der Waals surface area contributed by atoms with Crippen molar-refractivity contribution in [1.29, 1.82) is 0 Å². The molecule has 3 rings (SSSR count). The van der Waals surface area contributed by atoms with E-state index in [1.54, 1.807) is 7.11 Å². The van der Waals surface area contributed by atoms with Gasteiger partial charge in [-0.15, -0.1) is 0 Å². The van der Waals surface area contributed by atoms with E-state index < -0.39 is 0 Å². The minimum atomic E-state index is -0.212. The molecule has 0 N–H and O–H groups in total. The monoisotopic (exact) mass is 273 g/mol. The Bertz CT molecular complexity index is 513. The van der Waals surface area contributed by atoms with Gasteiger partial charge in [0.25, 0.3) is 5.91 Å². The molecule has 0 saturated heterocycles. The number of carbonyl (C=O) groups is 1. The molecule has 0 unspecified atom stereocenters. The number of hydrogen-bond donors (Lipinski definition) is 0. The molecule has 0 radical (unpaired) electrons. The van der Waals surface area contributed by atoms with E-state index >= 15 is 0 Å². The SMILES string of the molecule is CO[C@@H]1c2ccccc2C(=O)N1[C@@H]1CCC[C@@H](C)[C@H]1C. The highest BCUT2D eigenvalue weighted by atomic mass is 16.5. The number of benzene rings is 1. The van der Waals surface area contributed by atoms with Crippen molar-refractivity contribution in [1.82, 2.24) is 4.90 Å². The zero-order valence-corrected chi connectivity index (χ0v) is 12.5. The second-order valence-corrected chi connectivity index (χ2v) is 6.22. The highest BCUT2D eigenvalue weighted by Gasteiger charge is 2.44. The lowest BCUT2D eigenvalue weighted by Crippen LogP contribution is -2.46. The Balaban J connectivity index is 1.96. The Morgan fingerprint density at radius 3 is 2.70 bits per heavy atom. The molecule has 1 amide bonds. The van der Waals surface area contributed by atoms with Gasteiger partial charge in [-0.3, -0.25) is 4.79 Å². The summed E-state index contributed by atoms with van der Waals surface area (Å²) in [4.78, 5) is 14.8. The average Bonchev–Trinajstić information content (AvgIpc) is 2.75. The Hall–Kier alpha value is -1.35. The summed E-state index contributed by atoms with van der Waals surface area (Å²) in [6.45, 7) is 4.57. The average molecular weight is 273 g/mol. The van der Waals surface area contributed by atoms with Crippen molar-refractivity contribution in [3.63, 3.8) is 0 Å². The molecule has 1 aliphatic carbocycles. The van der Waals surface area contributed by atoms with Crippen molar-refractivity contribution in [3.8, 4) is 0 Å². The number of ether oxygens (including phenoxy) is 1. The molecule has 3 nitrogen and oxygen atoms in total. The van der Waals surface area contributed by atoms with Crippen molar-refractivity contribution >= 4 is 5.91 Å². The summed E-state index contributed by atoms with van der Waals surface area (Å²) >= 11 is 0. The first-order valence-corrected chi connectivity index (χ1v) is 7.59. The van der Waals surface area contributed by atoms with Gasteiger partial charge in [0.15, 0.2) is 6.23 Å². The summed E-state index contributed by atoms with van der Waals surface area (Å²) in [6, 6.07) is 8.14. The zero-order chi connectivity index (χ0) is 14.3. The molecular formula is C17H23NO2. The summed E-state index contributed by atoms with van der Waals surface area (Å²) in [5, 5.41) is 0. The summed E-state index contributed by atoms with van der Waals surface area (Å²) in [5.74, 6) is 1.33. The molecule has 1 fully saturated rings. The van der Waals surface area contributed by atoms with Gasteiger partial charge in [0.1, 0.15) is 0 Å². The molecule has 1 aromatic rings. The van der Waals surface area contributed by atoms with Crippen molar-refractivity contribution in [2.75, 3.05) is 7.11 Å². The van der Waals surface area contributed by atoms with Crippen molar-refractivity contribution in [2.24, 2.45) is 11.8 Å². The van der Waals surface area contributed by atoms with E-state index in [9.17, 15) is 4.79 Å². The number of hydrogen-bond acceptors (Lipinski definition) is 2. The third-order valence-electron chi connectivity index (χ3n) is 5.19. The maximum atomic E-state index is 12.8. The fraction of sp³-hybridized carbons (Fsp3) is 0.588. The number of methoxy groups -OCH3 is 1. The van der Waals surface area contributed by atoms with Crippen LogP contribution in [0.1, 0.15) is 55.3 Å². The van der Waals surface area contributed by atoms with Gasteiger partial charge in [-0.05, 0) is 24.3 Å². The van der Waals surface area contributed by atoms with Gasteiger partial charge in [-0.2, -0.15) is 0 Å². The molecule has 1 aromatic carbocycles. The van der Waals surface area contributed by atoms with Gasteiger partial charge in [0.05, 0.1) is 0 Å². The second-order valence-electron chi connectivity index (χ2n) is 6.22. The lowest BCUT2D eigenvalue weighted by molar-refractivity contribution is -0.0536. The minimum Gasteiger partial charge on any atom is -0.357 e. The Kier molecular flexibility index (Phi) is 3.55. The first-order valence-electron chi connectivity index (χ1n) is 7.59. The van der Waals surface area contributed by atoms with Crippen LogP contribution in [-0.4, -0.2) is 24.0 Å². The summed E-state index contributed by atoms with van der Waals surface area (Å²) in [7, 11) is 1.70. The quantitative estimate of drug-likeness (QED) is 0.823. The molecule has 2 aliphatic rings. The van der Waals surface area contributed by atoms with Crippen LogP contribution in [0.3, 0.4) is 0 Å². The third kappa shape index (κ3) is 1.96. The van der Waals surface area contributed by atoms with Crippen LogP contribution in [-0.2, 0) is 4.74 Å². The molecule has 1 saturated carbocycles. The van der Waals surface area contributed by atoms with Crippen LogP contribution < -0.4 is 0 Å². The molecule has 1 heterocycles. The standard InChI is InChI=1S/C17H23NO2/c1-11-7-6-10-15(12(11)2)18-16(19)13-8-4-5-9-14(13)17(18)20-3/h4-5,8-9,11-12,15,17H,6-7,10H2,1-3H3/t11-,12-,15-,17-/m1/s1. The van der Waals surface area contributed by atoms with Crippen LogP contribution >= 0.6 is 0 Å². The largest absolute Gasteiger partial charge is 0.357 e. The fourth-order valence-electron chi connectivity index (χ4n) is 3.81. The van der Waals surface area contributed by atoms with Gasteiger partial charge in [0.2, 0.25) is 0 Å². The number of nitrogens with zero attached hydrogens (tertiary/aromatic N) is 1. The van der Waals surface area contributed by atoms with E-state index in [2.05, 4.69) is 13.8 Å². The number of carbonyl (C=O) groups excluding carboxylic acids is 1. The van der Waals surface area contributed by atoms with E-state index in [0.717, 1.165) is 17.5 Å². The van der Waals surface area contributed by atoms with Gasteiger partial charge in [-0.25, -0.2) is 0 Å². The van der Waals surface area contributed by atoms with Crippen LogP contribution in [0.25, 0.3) is 0 Å². The van der Waals surface area contributed by atoms with E-state index in [0.29, 0.717) is 17.9 Å². The lowest BCUT2D eigenvalue weighted by Gasteiger charge is -2.42. The molecule has 1 aliphatic heterocycles. The molecule has 108 valence electrons. The zero-order valence-electron chi connectivity index (χ0n) is 12.5. The predicted molar refractivity (Wildman–Crippen MR) is 78.3 cm³/mol. The highest BCUT2D eigenvalue weighted by molar-refractivity contribution is 5.99. The molecule has 4 atom stereocenters. The van der Waals surface area contributed by atoms with E-state index in [-0.39, 0.29) is 12.1 Å². The maximum absolute atomic E-state index is 12.8. The van der Waals surface area contributed by atoms with Crippen LogP contribution in [0, 0.1) is 11.8 Å². The number of amides is 1. The fourth-order valence-corrected chi connectivity index (χ4v) is 3.81. The van der Waals surface area contributed by atoms with Crippen LogP contribution in [0.4, 0.5) is 0 Å². The van der Waals surface area contributed by atoms with Gasteiger partial charge in [-0.1, -0.05) is 44.9 Å². The van der Waals surface area contributed by atoms with E-state index in [1.165, 1.54) is 12.8 Å². The molecule has 0 spiro atoms. The summed E-state index contributed by atoms with van der Waals surface area (Å²) < 4.78 is 5.66. The normalized spacial score (nSPS) is 33.4.